The van der Waals surface area contributed by atoms with Gasteiger partial charge in [0.1, 0.15) is 17.8 Å². The molecule has 2 aliphatic rings. The third kappa shape index (κ3) is 6.68. The number of ether oxygens (including phenoxy) is 2. The minimum atomic E-state index is -1.15. The molecule has 1 fully saturated rings. The highest BCUT2D eigenvalue weighted by Crippen LogP contribution is 2.34. The van der Waals surface area contributed by atoms with E-state index in [1.807, 2.05) is 6.07 Å². The van der Waals surface area contributed by atoms with E-state index in [4.69, 9.17) is 9.47 Å². The predicted octanol–water partition coefficient (Wildman–Crippen LogP) is 4.33. The van der Waals surface area contributed by atoms with Crippen molar-refractivity contribution in [2.24, 2.45) is 15.9 Å². The van der Waals surface area contributed by atoms with Gasteiger partial charge in [-0.15, -0.1) is 0 Å². The minimum absolute atomic E-state index is 0.0807. The molecule has 0 saturated carbocycles. The Morgan fingerprint density at radius 3 is 2.38 bits per heavy atom. The number of esters is 1. The molecule has 0 N–H and O–H groups in total. The fraction of sp³-hybridized carbons (Fsp3) is 0.448. The van der Waals surface area contributed by atoms with Crippen molar-refractivity contribution < 1.29 is 27.8 Å². The molecule has 8 nitrogen and oxygen atoms in total. The van der Waals surface area contributed by atoms with Crippen molar-refractivity contribution in [1.29, 1.82) is 0 Å². The number of hydrogen-bond acceptors (Lipinski definition) is 7. The van der Waals surface area contributed by atoms with Crippen LogP contribution in [-0.2, 0) is 19.1 Å². The van der Waals surface area contributed by atoms with Crippen LogP contribution >= 0.6 is 0 Å². The Labute approximate surface area is 227 Å². The number of amides is 1. The number of amidine groups is 2. The molecule has 2 aromatic carbocycles. The normalized spacial score (nSPS) is 20.1. The topological polar surface area (TPSA) is 83.8 Å². The van der Waals surface area contributed by atoms with E-state index in [9.17, 15) is 18.4 Å². The number of carbonyl (C=O) groups excluding carboxylic acids is 2. The lowest BCUT2D eigenvalue weighted by molar-refractivity contribution is -0.144. The number of aliphatic imine (C=N–C) groups is 2. The van der Waals surface area contributed by atoms with Gasteiger partial charge in [0.05, 0.1) is 14.2 Å². The fourth-order valence-electron chi connectivity index (χ4n) is 5.20. The Kier molecular flexibility index (Phi) is 9.40. The SMILES string of the molecule is COC(=O)C1C(N(C)C(=O)CCCN2CCC(c3ccccc3)CC2)=NC(OC)=NC1c1ccc(F)c(F)c1. The van der Waals surface area contributed by atoms with Crippen LogP contribution in [0.2, 0.25) is 0 Å². The number of halogens is 2. The van der Waals surface area contributed by atoms with Crippen LogP contribution in [-0.4, -0.2) is 74.4 Å². The van der Waals surface area contributed by atoms with E-state index in [2.05, 4.69) is 39.2 Å². The van der Waals surface area contributed by atoms with Crippen molar-refractivity contribution in [3.8, 4) is 0 Å². The summed E-state index contributed by atoms with van der Waals surface area (Å²) in [5, 5.41) is 0. The zero-order valence-electron chi connectivity index (χ0n) is 22.5. The highest BCUT2D eigenvalue weighted by molar-refractivity contribution is 6.12. The number of methoxy groups -OCH3 is 2. The molecular formula is C29H34F2N4O4. The van der Waals surface area contributed by atoms with Gasteiger partial charge in [0, 0.05) is 13.5 Å². The first-order valence-corrected chi connectivity index (χ1v) is 13.1. The third-order valence-corrected chi connectivity index (χ3v) is 7.42. The van der Waals surface area contributed by atoms with Crippen molar-refractivity contribution in [2.75, 3.05) is 40.9 Å². The van der Waals surface area contributed by atoms with Crippen LogP contribution in [0.25, 0.3) is 0 Å². The van der Waals surface area contributed by atoms with E-state index in [0.717, 1.165) is 44.6 Å². The van der Waals surface area contributed by atoms with Crippen molar-refractivity contribution >= 4 is 23.7 Å². The van der Waals surface area contributed by atoms with Gasteiger partial charge >= 0.3 is 12.0 Å². The summed E-state index contributed by atoms with van der Waals surface area (Å²) in [6.45, 7) is 2.74. The lowest BCUT2D eigenvalue weighted by atomic mass is 9.89. The van der Waals surface area contributed by atoms with E-state index in [-0.39, 0.29) is 29.7 Å². The molecule has 2 heterocycles. The first-order chi connectivity index (χ1) is 18.8. The number of hydrogen-bond donors (Lipinski definition) is 0. The largest absolute Gasteiger partial charge is 0.468 e. The highest BCUT2D eigenvalue weighted by atomic mass is 19.2. The average Bonchev–Trinajstić information content (AvgIpc) is 2.97. The summed E-state index contributed by atoms with van der Waals surface area (Å²) in [7, 11) is 4.09. The summed E-state index contributed by atoms with van der Waals surface area (Å²) in [5.74, 6) is -3.54. The summed E-state index contributed by atoms with van der Waals surface area (Å²) >= 11 is 0. The van der Waals surface area contributed by atoms with Gasteiger partial charge in [-0.05, 0) is 68.1 Å². The van der Waals surface area contributed by atoms with Crippen LogP contribution in [0, 0.1) is 17.6 Å². The zero-order chi connectivity index (χ0) is 27.9. The first-order valence-electron chi connectivity index (χ1n) is 13.1. The lowest BCUT2D eigenvalue weighted by Gasteiger charge is -2.33. The number of carbonyl (C=O) groups is 2. The van der Waals surface area contributed by atoms with Crippen LogP contribution in [0.3, 0.4) is 0 Å². The Bertz CT molecular complexity index is 1230. The lowest BCUT2D eigenvalue weighted by Crippen LogP contribution is -2.46. The van der Waals surface area contributed by atoms with Crippen LogP contribution < -0.4 is 0 Å². The molecule has 0 aliphatic carbocycles. The molecule has 4 rings (SSSR count). The molecule has 10 heteroatoms. The van der Waals surface area contributed by atoms with E-state index < -0.39 is 29.6 Å². The Balaban J connectivity index is 1.40. The highest BCUT2D eigenvalue weighted by Gasteiger charge is 2.42. The van der Waals surface area contributed by atoms with Crippen LogP contribution in [0.1, 0.15) is 48.8 Å². The second-order valence-corrected chi connectivity index (χ2v) is 9.79. The summed E-state index contributed by atoms with van der Waals surface area (Å²) in [6, 6.07) is 12.7. The van der Waals surface area contributed by atoms with E-state index >= 15 is 0 Å². The second-order valence-electron chi connectivity index (χ2n) is 9.79. The average molecular weight is 541 g/mol. The molecule has 2 atom stereocenters. The number of piperidine rings is 1. The molecule has 0 aromatic heterocycles. The molecule has 208 valence electrons. The summed E-state index contributed by atoms with van der Waals surface area (Å²) < 4.78 is 37.8. The Hall–Kier alpha value is -3.66. The van der Waals surface area contributed by atoms with Crippen molar-refractivity contribution in [1.82, 2.24) is 9.80 Å². The fourth-order valence-corrected chi connectivity index (χ4v) is 5.20. The summed E-state index contributed by atoms with van der Waals surface area (Å²) in [6.07, 6.45) is 3.06. The maximum absolute atomic E-state index is 14.0. The molecule has 2 unspecified atom stereocenters. The van der Waals surface area contributed by atoms with Gasteiger partial charge < -0.3 is 19.3 Å². The quantitative estimate of drug-likeness (QED) is 0.489. The predicted molar refractivity (Wildman–Crippen MR) is 143 cm³/mol. The van der Waals surface area contributed by atoms with Gasteiger partial charge in [0.15, 0.2) is 11.6 Å². The molecule has 0 spiro atoms. The second kappa shape index (κ2) is 12.9. The van der Waals surface area contributed by atoms with Gasteiger partial charge in [-0.1, -0.05) is 36.4 Å². The van der Waals surface area contributed by atoms with Crippen LogP contribution in [0.5, 0.6) is 0 Å². The van der Waals surface area contributed by atoms with E-state index in [1.165, 1.54) is 37.8 Å². The Morgan fingerprint density at radius 2 is 1.74 bits per heavy atom. The molecule has 2 aromatic rings. The standard InChI is InChI=1S/C29H34F2N4O4/c1-34(24(36)10-7-15-35-16-13-20(14-17-35)19-8-5-4-6-9-19)27-25(28(37)38-2)26(32-29(33-27)39-3)21-11-12-22(30)23(31)18-21/h4-6,8-9,11-12,18,20,25-26H,7,10,13-17H2,1-3H3. The number of rotatable bonds is 7. The van der Waals surface area contributed by atoms with Gasteiger partial charge in [-0.2, -0.15) is 4.99 Å². The molecule has 1 saturated heterocycles. The minimum Gasteiger partial charge on any atom is -0.468 e. The monoisotopic (exact) mass is 540 g/mol. The maximum atomic E-state index is 14.0. The number of benzene rings is 2. The molecular weight excluding hydrogens is 506 g/mol. The summed E-state index contributed by atoms with van der Waals surface area (Å²) in [5.41, 5.74) is 1.61. The van der Waals surface area contributed by atoms with E-state index in [0.29, 0.717) is 12.3 Å². The smallest absolute Gasteiger partial charge is 0.318 e. The van der Waals surface area contributed by atoms with Gasteiger partial charge in [-0.25, -0.2) is 13.8 Å². The summed E-state index contributed by atoms with van der Waals surface area (Å²) in [4.78, 5) is 38.3. The molecule has 0 bridgehead atoms. The molecule has 39 heavy (non-hydrogen) atoms. The van der Waals surface area contributed by atoms with Crippen molar-refractivity contribution in [2.45, 2.75) is 37.6 Å². The Morgan fingerprint density at radius 1 is 1.03 bits per heavy atom. The van der Waals surface area contributed by atoms with Crippen LogP contribution in [0.4, 0.5) is 8.78 Å². The zero-order valence-corrected chi connectivity index (χ0v) is 22.5. The van der Waals surface area contributed by atoms with Crippen molar-refractivity contribution in [3.05, 3.63) is 71.3 Å². The molecule has 0 radical (unpaired) electrons. The van der Waals surface area contributed by atoms with Gasteiger partial charge in [0.2, 0.25) is 5.91 Å². The van der Waals surface area contributed by atoms with E-state index in [1.54, 1.807) is 0 Å². The third-order valence-electron chi connectivity index (χ3n) is 7.42. The number of nitrogens with zero attached hydrogens (tertiary/aromatic N) is 4. The number of likely N-dealkylation sites (tertiary alicyclic amines) is 1. The van der Waals surface area contributed by atoms with Crippen molar-refractivity contribution in [3.63, 3.8) is 0 Å². The molecule has 1 amide bonds. The van der Waals surface area contributed by atoms with Gasteiger partial charge in [0.25, 0.3) is 0 Å². The maximum Gasteiger partial charge on any atom is 0.318 e. The first kappa shape index (κ1) is 28.4. The van der Waals surface area contributed by atoms with Gasteiger partial charge in [-0.3, -0.25) is 9.59 Å². The van der Waals surface area contributed by atoms with Crippen LogP contribution in [0.15, 0.2) is 58.5 Å². The molecule has 2 aliphatic heterocycles.